The molecule has 0 bridgehead atoms. The van der Waals surface area contributed by atoms with Crippen LogP contribution in [-0.2, 0) is 13.0 Å². The van der Waals surface area contributed by atoms with Gasteiger partial charge in [0.1, 0.15) is 16.7 Å². The number of nitrogens with one attached hydrogen (secondary N) is 1. The van der Waals surface area contributed by atoms with Gasteiger partial charge in [-0.15, -0.1) is 11.3 Å². The molecule has 0 aromatic carbocycles. The van der Waals surface area contributed by atoms with Crippen LogP contribution in [0.25, 0.3) is 10.2 Å². The highest BCUT2D eigenvalue weighted by atomic mass is 32.1. The Labute approximate surface area is 159 Å². The molecule has 142 valence electrons. The van der Waals surface area contributed by atoms with E-state index in [9.17, 15) is 9.59 Å². The predicted octanol–water partition coefficient (Wildman–Crippen LogP) is 2.68. The van der Waals surface area contributed by atoms with E-state index in [1.54, 1.807) is 18.4 Å². The first-order valence-electron chi connectivity index (χ1n) is 9.09. The van der Waals surface area contributed by atoms with E-state index in [1.165, 1.54) is 11.3 Å². The third kappa shape index (κ3) is 3.16. The molecule has 1 amide bonds. The number of rotatable bonds is 3. The molecular weight excluding hydrogens is 366 g/mol. The van der Waals surface area contributed by atoms with Crippen molar-refractivity contribution in [2.24, 2.45) is 0 Å². The average molecular weight is 387 g/mol. The van der Waals surface area contributed by atoms with Gasteiger partial charge in [0.2, 0.25) is 5.89 Å². The van der Waals surface area contributed by atoms with Crippen LogP contribution in [0.4, 0.5) is 0 Å². The van der Waals surface area contributed by atoms with Gasteiger partial charge in [0.25, 0.3) is 11.5 Å². The minimum atomic E-state index is -0.422. The molecule has 0 radical (unpaired) electrons. The number of hydrogen-bond acceptors (Lipinski definition) is 7. The van der Waals surface area contributed by atoms with Gasteiger partial charge in [-0.25, -0.2) is 4.98 Å². The van der Waals surface area contributed by atoms with Crippen molar-refractivity contribution in [2.45, 2.75) is 59.0 Å². The molecule has 27 heavy (non-hydrogen) atoms. The van der Waals surface area contributed by atoms with Crippen LogP contribution in [0.3, 0.4) is 0 Å². The van der Waals surface area contributed by atoms with Crippen LogP contribution in [0.1, 0.15) is 65.0 Å². The molecular formula is C18H21N5O3S. The van der Waals surface area contributed by atoms with E-state index in [4.69, 9.17) is 9.51 Å². The smallest absolute Gasteiger partial charge is 0.262 e. The summed E-state index contributed by atoms with van der Waals surface area (Å²) in [5, 5.41) is 7.16. The molecule has 8 nitrogen and oxygen atoms in total. The number of thiophene rings is 1. The number of carbonyl (C=O) groups excluding carboxylic acids is 1. The summed E-state index contributed by atoms with van der Waals surface area (Å²) in [5.74, 6) is 1.43. The number of aromatic nitrogens is 4. The summed E-state index contributed by atoms with van der Waals surface area (Å²) in [7, 11) is 0. The molecule has 9 heteroatoms. The fourth-order valence-corrected chi connectivity index (χ4v) is 4.53. The Hall–Kier alpha value is -2.55. The van der Waals surface area contributed by atoms with Gasteiger partial charge >= 0.3 is 0 Å². The second-order valence-electron chi connectivity index (χ2n) is 6.91. The van der Waals surface area contributed by atoms with Gasteiger partial charge in [0.05, 0.1) is 10.3 Å². The minimum absolute atomic E-state index is 0.0368. The third-order valence-electron chi connectivity index (χ3n) is 4.88. The first kappa shape index (κ1) is 17.8. The standard InChI is InChI=1S/C18H21N5O3S/c1-9-13-17(21-12-7-5-4-6-8-23(12)18(13)25)27-14(9)15(24)19-10(2)16-20-11(3)22-26-16/h10H,4-8H2,1-3H3,(H,19,24). The van der Waals surface area contributed by atoms with E-state index in [-0.39, 0.29) is 11.5 Å². The fraction of sp³-hybridized carbons (Fsp3) is 0.500. The summed E-state index contributed by atoms with van der Waals surface area (Å²) in [6.07, 6.45) is 3.93. The van der Waals surface area contributed by atoms with Crippen LogP contribution in [0, 0.1) is 13.8 Å². The molecule has 0 saturated heterocycles. The highest BCUT2D eigenvalue weighted by Gasteiger charge is 2.24. The maximum atomic E-state index is 13.0. The Kier molecular flexibility index (Phi) is 4.55. The summed E-state index contributed by atoms with van der Waals surface area (Å²) < 4.78 is 6.89. The Morgan fingerprint density at radius 3 is 2.81 bits per heavy atom. The zero-order valence-electron chi connectivity index (χ0n) is 15.5. The van der Waals surface area contributed by atoms with E-state index in [1.807, 2.05) is 6.92 Å². The quantitative estimate of drug-likeness (QED) is 0.741. The van der Waals surface area contributed by atoms with Crippen molar-refractivity contribution < 1.29 is 9.32 Å². The summed E-state index contributed by atoms with van der Waals surface area (Å²) in [6.45, 7) is 6.01. The molecule has 4 heterocycles. The van der Waals surface area contributed by atoms with Gasteiger partial charge in [0.15, 0.2) is 5.82 Å². The van der Waals surface area contributed by atoms with Crippen LogP contribution in [0.2, 0.25) is 0 Å². The largest absolute Gasteiger partial charge is 0.340 e. The highest BCUT2D eigenvalue weighted by molar-refractivity contribution is 7.20. The third-order valence-corrected chi connectivity index (χ3v) is 6.06. The van der Waals surface area contributed by atoms with Crippen LogP contribution < -0.4 is 10.9 Å². The van der Waals surface area contributed by atoms with Gasteiger partial charge in [-0.3, -0.25) is 14.2 Å². The average Bonchev–Trinajstić information content (AvgIpc) is 3.11. The van der Waals surface area contributed by atoms with E-state index < -0.39 is 6.04 Å². The number of fused-ring (bicyclic) bond motifs is 2. The molecule has 1 atom stereocenters. The molecule has 1 N–H and O–H groups in total. The van der Waals surface area contributed by atoms with Gasteiger partial charge in [-0.05, 0) is 39.2 Å². The van der Waals surface area contributed by atoms with Gasteiger partial charge in [-0.1, -0.05) is 11.6 Å². The second kappa shape index (κ2) is 6.88. The molecule has 1 unspecified atom stereocenters. The summed E-state index contributed by atoms with van der Waals surface area (Å²) >= 11 is 1.27. The van der Waals surface area contributed by atoms with Gasteiger partial charge < -0.3 is 9.84 Å². The van der Waals surface area contributed by atoms with E-state index >= 15 is 0 Å². The second-order valence-corrected chi connectivity index (χ2v) is 7.91. The molecule has 1 aliphatic rings. The summed E-state index contributed by atoms with van der Waals surface area (Å²) in [4.78, 5) is 35.8. The lowest BCUT2D eigenvalue weighted by molar-refractivity contribution is 0.0936. The minimum Gasteiger partial charge on any atom is -0.340 e. The maximum absolute atomic E-state index is 13.0. The van der Waals surface area contributed by atoms with Crippen LogP contribution in [0.15, 0.2) is 9.32 Å². The Morgan fingerprint density at radius 2 is 2.07 bits per heavy atom. The van der Waals surface area contributed by atoms with Crippen molar-refractivity contribution in [3.63, 3.8) is 0 Å². The zero-order valence-corrected chi connectivity index (χ0v) is 16.4. The first-order valence-corrected chi connectivity index (χ1v) is 9.91. The monoisotopic (exact) mass is 387 g/mol. The van der Waals surface area contributed by atoms with Crippen molar-refractivity contribution >= 4 is 27.5 Å². The normalized spacial score (nSPS) is 15.4. The van der Waals surface area contributed by atoms with E-state index in [2.05, 4.69) is 15.5 Å². The van der Waals surface area contributed by atoms with E-state index in [0.717, 1.165) is 31.5 Å². The van der Waals surface area contributed by atoms with Crippen LogP contribution in [-0.4, -0.2) is 25.6 Å². The molecule has 4 rings (SSSR count). The predicted molar refractivity (Wildman–Crippen MR) is 101 cm³/mol. The summed E-state index contributed by atoms with van der Waals surface area (Å²) in [5.41, 5.74) is 0.642. The van der Waals surface area contributed by atoms with Crippen molar-refractivity contribution in [1.29, 1.82) is 0 Å². The SMILES string of the molecule is Cc1noc(C(C)NC(=O)c2sc3nc4n(c(=O)c3c2C)CCCCC4)n1. The molecule has 0 saturated carbocycles. The maximum Gasteiger partial charge on any atom is 0.262 e. The number of aryl methyl sites for hydroxylation is 3. The Morgan fingerprint density at radius 1 is 1.26 bits per heavy atom. The lowest BCUT2D eigenvalue weighted by atomic mass is 10.2. The van der Waals surface area contributed by atoms with Crippen molar-refractivity contribution in [3.05, 3.63) is 38.3 Å². The van der Waals surface area contributed by atoms with Crippen LogP contribution in [0.5, 0.6) is 0 Å². The molecule has 1 aliphatic heterocycles. The van der Waals surface area contributed by atoms with Gasteiger partial charge in [-0.2, -0.15) is 4.98 Å². The zero-order chi connectivity index (χ0) is 19.1. The number of hydrogen-bond donors (Lipinski definition) is 1. The Bertz CT molecular complexity index is 1080. The molecule has 0 spiro atoms. The lowest BCUT2D eigenvalue weighted by Crippen LogP contribution is -2.27. The van der Waals surface area contributed by atoms with Crippen molar-refractivity contribution in [2.75, 3.05) is 0 Å². The molecule has 3 aromatic heterocycles. The number of amides is 1. The van der Waals surface area contributed by atoms with Gasteiger partial charge in [0, 0.05) is 13.0 Å². The molecule has 0 aliphatic carbocycles. The van der Waals surface area contributed by atoms with Crippen LogP contribution >= 0.6 is 11.3 Å². The van der Waals surface area contributed by atoms with E-state index in [0.29, 0.717) is 38.9 Å². The Balaban J connectivity index is 1.70. The topological polar surface area (TPSA) is 103 Å². The fourth-order valence-electron chi connectivity index (χ4n) is 3.44. The highest BCUT2D eigenvalue weighted by Crippen LogP contribution is 2.28. The first-order chi connectivity index (χ1) is 13.0. The number of carbonyl (C=O) groups is 1. The lowest BCUT2D eigenvalue weighted by Gasteiger charge is -2.09. The number of nitrogens with zero attached hydrogens (tertiary/aromatic N) is 4. The molecule has 3 aromatic rings. The van der Waals surface area contributed by atoms with Crippen molar-refractivity contribution in [3.8, 4) is 0 Å². The van der Waals surface area contributed by atoms with Crippen molar-refractivity contribution in [1.82, 2.24) is 25.0 Å². The summed E-state index contributed by atoms with van der Waals surface area (Å²) in [6, 6.07) is -0.422. The molecule has 0 fully saturated rings.